The fraction of sp³-hybridized carbons (Fsp3) is 0.350. The molecule has 0 heterocycles. The van der Waals surface area contributed by atoms with E-state index in [1.165, 1.54) is 23.1 Å². The molecule has 0 aliphatic heterocycles. The van der Waals surface area contributed by atoms with Gasteiger partial charge in [-0.2, -0.15) is 0 Å². The lowest BCUT2D eigenvalue weighted by atomic mass is 9.87. The molecule has 0 saturated carbocycles. The summed E-state index contributed by atoms with van der Waals surface area (Å²) in [4.78, 5) is 14.7. The molecular weight excluding hydrogens is 270 g/mol. The normalized spacial score (nSPS) is 23.5. The number of fused-ring (bicyclic) bond motifs is 2. The average Bonchev–Trinajstić information content (AvgIpc) is 2.91. The number of Topliss-reactive ketones (excluding diaryl/α,β-unsaturated/α-hetero) is 1. The summed E-state index contributed by atoms with van der Waals surface area (Å²) in [5, 5.41) is 0. The largest absolute Gasteiger partial charge is 0.296 e. The van der Waals surface area contributed by atoms with Crippen molar-refractivity contribution in [3.63, 3.8) is 0 Å². The molecule has 2 nitrogen and oxygen atoms in total. The average molecular weight is 291 g/mol. The Kier molecular flexibility index (Phi) is 3.34. The summed E-state index contributed by atoms with van der Waals surface area (Å²) in [6.45, 7) is 0. The van der Waals surface area contributed by atoms with Crippen molar-refractivity contribution in [2.75, 3.05) is 7.05 Å². The minimum Gasteiger partial charge on any atom is -0.296 e. The van der Waals surface area contributed by atoms with E-state index in [2.05, 4.69) is 48.3 Å². The maximum Gasteiger partial charge on any atom is 0.165 e. The minimum absolute atomic E-state index is 0.249. The molecule has 0 aromatic heterocycles. The van der Waals surface area contributed by atoms with Gasteiger partial charge in [0.05, 0.1) is 0 Å². The molecule has 22 heavy (non-hydrogen) atoms. The third kappa shape index (κ3) is 2.19. The second-order valence-electron chi connectivity index (χ2n) is 6.56. The molecule has 2 aromatic rings. The highest BCUT2D eigenvalue weighted by atomic mass is 16.1. The van der Waals surface area contributed by atoms with Crippen molar-refractivity contribution in [2.45, 2.75) is 37.8 Å². The van der Waals surface area contributed by atoms with Crippen molar-refractivity contribution in [2.24, 2.45) is 0 Å². The second kappa shape index (κ2) is 5.36. The van der Waals surface area contributed by atoms with E-state index in [-0.39, 0.29) is 6.04 Å². The van der Waals surface area contributed by atoms with Gasteiger partial charge in [0.15, 0.2) is 5.78 Å². The van der Waals surface area contributed by atoms with Crippen molar-refractivity contribution in [1.29, 1.82) is 0 Å². The third-order valence-electron chi connectivity index (χ3n) is 5.39. The highest BCUT2D eigenvalue weighted by Crippen LogP contribution is 2.37. The first kappa shape index (κ1) is 13.7. The van der Waals surface area contributed by atoms with E-state index in [1.807, 2.05) is 12.1 Å². The minimum atomic E-state index is 0.249. The Morgan fingerprint density at radius 3 is 2.55 bits per heavy atom. The highest BCUT2D eigenvalue weighted by Gasteiger charge is 2.35. The molecule has 2 aromatic carbocycles. The Balaban J connectivity index is 1.59. The molecule has 2 aliphatic carbocycles. The lowest BCUT2D eigenvalue weighted by Gasteiger charge is -2.36. The van der Waals surface area contributed by atoms with E-state index < -0.39 is 0 Å². The summed E-state index contributed by atoms with van der Waals surface area (Å²) in [5.41, 5.74) is 5.11. The van der Waals surface area contributed by atoms with Gasteiger partial charge in [-0.15, -0.1) is 0 Å². The lowest BCUT2D eigenvalue weighted by Crippen LogP contribution is -2.38. The Morgan fingerprint density at radius 1 is 0.955 bits per heavy atom. The second-order valence-corrected chi connectivity index (χ2v) is 6.56. The van der Waals surface area contributed by atoms with Crippen molar-refractivity contribution in [3.8, 4) is 0 Å². The fourth-order valence-corrected chi connectivity index (χ4v) is 4.08. The van der Waals surface area contributed by atoms with Crippen molar-refractivity contribution in [3.05, 3.63) is 70.8 Å². The van der Waals surface area contributed by atoms with Crippen LogP contribution in [0.3, 0.4) is 0 Å². The van der Waals surface area contributed by atoms with Crippen LogP contribution >= 0.6 is 0 Å². The summed E-state index contributed by atoms with van der Waals surface area (Å²) >= 11 is 0. The van der Waals surface area contributed by atoms with Gasteiger partial charge in [-0.05, 0) is 43.0 Å². The molecule has 0 bridgehead atoms. The number of aryl methyl sites for hydroxylation is 1. The summed E-state index contributed by atoms with van der Waals surface area (Å²) in [6, 6.07) is 17.7. The lowest BCUT2D eigenvalue weighted by molar-refractivity contribution is 0.0935. The molecule has 2 atom stereocenters. The smallest absolute Gasteiger partial charge is 0.165 e. The number of ketones is 1. The monoisotopic (exact) mass is 291 g/mol. The van der Waals surface area contributed by atoms with Gasteiger partial charge in [-0.3, -0.25) is 9.69 Å². The predicted octanol–water partition coefficient (Wildman–Crippen LogP) is 3.80. The number of nitrogens with zero attached hydrogens (tertiary/aromatic N) is 1. The van der Waals surface area contributed by atoms with Crippen LogP contribution in [0.25, 0.3) is 0 Å². The first-order valence-corrected chi connectivity index (χ1v) is 8.15. The van der Waals surface area contributed by atoms with E-state index >= 15 is 0 Å². The van der Waals surface area contributed by atoms with Gasteiger partial charge in [0, 0.05) is 24.1 Å². The number of likely N-dealkylation sites (N-methyl/N-ethyl adjacent to an activating group) is 1. The predicted molar refractivity (Wildman–Crippen MR) is 88.1 cm³/mol. The maximum atomic E-state index is 12.2. The third-order valence-corrected chi connectivity index (χ3v) is 5.39. The number of hydrogen-bond donors (Lipinski definition) is 0. The van der Waals surface area contributed by atoms with E-state index in [0.717, 1.165) is 18.4 Å². The zero-order valence-electron chi connectivity index (χ0n) is 13.0. The van der Waals surface area contributed by atoms with Crippen LogP contribution in [0.5, 0.6) is 0 Å². The molecule has 2 aliphatic rings. The van der Waals surface area contributed by atoms with Crippen LogP contribution in [-0.2, 0) is 12.8 Å². The van der Waals surface area contributed by atoms with Gasteiger partial charge in [0.1, 0.15) is 0 Å². The van der Waals surface area contributed by atoms with Crippen LogP contribution in [0.15, 0.2) is 48.5 Å². The van der Waals surface area contributed by atoms with Crippen LogP contribution in [0.4, 0.5) is 0 Å². The summed E-state index contributed by atoms with van der Waals surface area (Å²) < 4.78 is 0. The summed E-state index contributed by atoms with van der Waals surface area (Å²) in [7, 11) is 2.19. The van der Waals surface area contributed by atoms with Crippen LogP contribution < -0.4 is 0 Å². The van der Waals surface area contributed by atoms with Crippen molar-refractivity contribution < 1.29 is 4.79 Å². The fourth-order valence-electron chi connectivity index (χ4n) is 4.08. The zero-order valence-corrected chi connectivity index (χ0v) is 13.0. The standard InChI is InChI=1S/C20H21NO/c1-21(16-11-10-14-6-2-3-7-15(14)12-16)19-13-20(22)18-9-5-4-8-17(18)19/h2-9,16,19H,10-13H2,1H3/t16-,19-/m0/s1. The number of benzene rings is 2. The van der Waals surface area contributed by atoms with Gasteiger partial charge < -0.3 is 0 Å². The topological polar surface area (TPSA) is 20.3 Å². The van der Waals surface area contributed by atoms with Crippen molar-refractivity contribution in [1.82, 2.24) is 4.90 Å². The molecule has 0 spiro atoms. The van der Waals surface area contributed by atoms with Crippen LogP contribution in [-0.4, -0.2) is 23.8 Å². The summed E-state index contributed by atoms with van der Waals surface area (Å²) in [5.74, 6) is 0.295. The first-order valence-electron chi connectivity index (χ1n) is 8.15. The van der Waals surface area contributed by atoms with Crippen LogP contribution in [0.2, 0.25) is 0 Å². The first-order chi connectivity index (χ1) is 10.7. The van der Waals surface area contributed by atoms with Crippen LogP contribution in [0.1, 0.15) is 45.9 Å². The molecule has 0 N–H and O–H groups in total. The molecule has 0 fully saturated rings. The summed E-state index contributed by atoms with van der Waals surface area (Å²) in [6.07, 6.45) is 4.06. The van der Waals surface area contributed by atoms with Gasteiger partial charge in [-0.25, -0.2) is 0 Å². The van der Waals surface area contributed by atoms with Gasteiger partial charge >= 0.3 is 0 Å². The van der Waals surface area contributed by atoms with E-state index in [0.29, 0.717) is 18.2 Å². The van der Waals surface area contributed by atoms with Gasteiger partial charge in [-0.1, -0.05) is 48.5 Å². The molecule has 0 unspecified atom stereocenters. The number of carbonyl (C=O) groups excluding carboxylic acids is 1. The molecule has 0 radical (unpaired) electrons. The quantitative estimate of drug-likeness (QED) is 0.838. The molecular formula is C20H21NO. The van der Waals surface area contributed by atoms with Crippen LogP contribution in [0, 0.1) is 0 Å². The number of carbonyl (C=O) groups is 1. The van der Waals surface area contributed by atoms with Crippen molar-refractivity contribution >= 4 is 5.78 Å². The van der Waals surface area contributed by atoms with E-state index in [9.17, 15) is 4.79 Å². The highest BCUT2D eigenvalue weighted by molar-refractivity contribution is 6.01. The number of rotatable bonds is 2. The van der Waals surface area contributed by atoms with E-state index in [4.69, 9.17) is 0 Å². The number of hydrogen-bond acceptors (Lipinski definition) is 2. The zero-order chi connectivity index (χ0) is 15.1. The Morgan fingerprint density at radius 2 is 1.68 bits per heavy atom. The molecule has 0 saturated heterocycles. The Bertz CT molecular complexity index is 721. The molecule has 112 valence electrons. The Hall–Kier alpha value is -1.93. The maximum absolute atomic E-state index is 12.2. The molecule has 2 heteroatoms. The molecule has 0 amide bonds. The SMILES string of the molecule is CN([C@H]1CCc2ccccc2C1)[C@H]1CC(=O)c2ccccc21. The van der Waals surface area contributed by atoms with Gasteiger partial charge in [0.25, 0.3) is 0 Å². The van der Waals surface area contributed by atoms with E-state index in [1.54, 1.807) is 0 Å². The Labute approximate surface area is 131 Å². The molecule has 4 rings (SSSR count). The van der Waals surface area contributed by atoms with Gasteiger partial charge in [0.2, 0.25) is 0 Å².